The van der Waals surface area contributed by atoms with E-state index in [0.717, 1.165) is 12.1 Å². The van der Waals surface area contributed by atoms with Crippen molar-refractivity contribution < 1.29 is 22.0 Å². The van der Waals surface area contributed by atoms with Gasteiger partial charge in [-0.3, -0.25) is 4.79 Å². The summed E-state index contributed by atoms with van der Waals surface area (Å²) in [4.78, 5) is 12.6. The van der Waals surface area contributed by atoms with Gasteiger partial charge in [-0.25, -0.2) is 21.9 Å². The van der Waals surface area contributed by atoms with Gasteiger partial charge in [0.2, 0.25) is 10.0 Å². The van der Waals surface area contributed by atoms with Gasteiger partial charge in [0.15, 0.2) is 0 Å². The van der Waals surface area contributed by atoms with E-state index in [4.69, 9.17) is 11.6 Å². The van der Waals surface area contributed by atoms with Crippen LogP contribution in [0.5, 0.6) is 0 Å². The first-order valence-corrected chi connectivity index (χ1v) is 10.3. The fourth-order valence-corrected chi connectivity index (χ4v) is 4.13. The molecular formula is C18H17ClF2N2O3S. The van der Waals surface area contributed by atoms with Crippen molar-refractivity contribution in [1.82, 2.24) is 4.72 Å². The number of benzene rings is 2. The lowest BCUT2D eigenvalue weighted by molar-refractivity contribution is 0.102. The van der Waals surface area contributed by atoms with Gasteiger partial charge in [0.05, 0.1) is 16.8 Å². The van der Waals surface area contributed by atoms with Gasteiger partial charge in [-0.2, -0.15) is 0 Å². The van der Waals surface area contributed by atoms with Crippen LogP contribution in [0.25, 0.3) is 0 Å². The van der Waals surface area contributed by atoms with E-state index in [1.165, 1.54) is 25.1 Å². The topological polar surface area (TPSA) is 75.3 Å². The van der Waals surface area contributed by atoms with Crippen molar-refractivity contribution in [2.45, 2.75) is 25.8 Å². The highest BCUT2D eigenvalue weighted by Crippen LogP contribution is 2.36. The van der Waals surface area contributed by atoms with Gasteiger partial charge < -0.3 is 5.32 Å². The Labute approximate surface area is 160 Å². The molecule has 0 saturated carbocycles. The molecule has 1 unspecified atom stereocenters. The van der Waals surface area contributed by atoms with Gasteiger partial charge in [0.1, 0.15) is 11.6 Å². The highest BCUT2D eigenvalue weighted by atomic mass is 35.5. The number of sulfonamides is 1. The molecular weight excluding hydrogens is 398 g/mol. The van der Waals surface area contributed by atoms with Crippen LogP contribution in [0.15, 0.2) is 30.3 Å². The van der Waals surface area contributed by atoms with Crippen LogP contribution in [0.4, 0.5) is 14.5 Å². The molecule has 0 radical (unpaired) electrons. The minimum atomic E-state index is -3.52. The predicted octanol–water partition coefficient (Wildman–Crippen LogP) is 3.80. The summed E-state index contributed by atoms with van der Waals surface area (Å²) in [6.07, 6.45) is 0.717. The Balaban J connectivity index is 1.91. The fourth-order valence-electron chi connectivity index (χ4n) is 3.12. The third-order valence-corrected chi connectivity index (χ3v) is 6.15. The lowest BCUT2D eigenvalue weighted by Gasteiger charge is -2.15. The van der Waals surface area contributed by atoms with E-state index in [2.05, 4.69) is 10.0 Å². The minimum Gasteiger partial charge on any atom is -0.322 e. The zero-order valence-corrected chi connectivity index (χ0v) is 15.9. The Morgan fingerprint density at radius 3 is 2.59 bits per heavy atom. The molecule has 0 aliphatic heterocycles. The van der Waals surface area contributed by atoms with E-state index in [1.54, 1.807) is 0 Å². The highest BCUT2D eigenvalue weighted by Gasteiger charge is 2.32. The van der Waals surface area contributed by atoms with E-state index < -0.39 is 33.6 Å². The number of anilines is 1. The molecule has 144 valence electrons. The summed E-state index contributed by atoms with van der Waals surface area (Å²) in [6.45, 7) is 1.49. The monoisotopic (exact) mass is 414 g/mol. The normalized spacial score (nSPS) is 16.2. The molecule has 0 heterocycles. The molecule has 9 heteroatoms. The molecule has 1 amide bonds. The molecule has 2 aromatic rings. The maximum absolute atomic E-state index is 14.4. The Morgan fingerprint density at radius 2 is 1.93 bits per heavy atom. The van der Waals surface area contributed by atoms with Gasteiger partial charge >= 0.3 is 0 Å². The van der Waals surface area contributed by atoms with Gasteiger partial charge in [-0.1, -0.05) is 11.6 Å². The summed E-state index contributed by atoms with van der Waals surface area (Å²) in [7, 11) is -3.52. The average molecular weight is 415 g/mol. The summed E-state index contributed by atoms with van der Waals surface area (Å²) in [5.41, 5.74) is 1.19. The summed E-state index contributed by atoms with van der Waals surface area (Å²) in [5.74, 6) is -1.80. The van der Waals surface area contributed by atoms with Gasteiger partial charge in [-0.05, 0) is 55.7 Å². The smallest absolute Gasteiger partial charge is 0.255 e. The van der Waals surface area contributed by atoms with Crippen molar-refractivity contribution in [1.29, 1.82) is 0 Å². The van der Waals surface area contributed by atoms with E-state index in [1.807, 2.05) is 0 Å². The summed E-state index contributed by atoms with van der Waals surface area (Å²) in [6, 6.07) is 5.55. The molecule has 2 aromatic carbocycles. The molecule has 1 aliphatic carbocycles. The molecule has 1 aliphatic rings. The van der Waals surface area contributed by atoms with Crippen molar-refractivity contribution in [3.05, 3.63) is 63.7 Å². The summed E-state index contributed by atoms with van der Waals surface area (Å²) >= 11 is 5.71. The van der Waals surface area contributed by atoms with E-state index in [0.29, 0.717) is 24.1 Å². The molecule has 2 N–H and O–H groups in total. The lowest BCUT2D eigenvalue weighted by Crippen LogP contribution is -2.29. The third kappa shape index (κ3) is 4.12. The fraction of sp³-hybridized carbons (Fsp3) is 0.278. The molecule has 0 saturated heterocycles. The van der Waals surface area contributed by atoms with E-state index in [-0.39, 0.29) is 21.9 Å². The molecule has 1 atom stereocenters. The number of fused-ring (bicyclic) bond motifs is 1. The quantitative estimate of drug-likeness (QED) is 0.781. The van der Waals surface area contributed by atoms with Crippen molar-refractivity contribution in [2.75, 3.05) is 11.1 Å². The first-order chi connectivity index (χ1) is 12.7. The second-order valence-corrected chi connectivity index (χ2v) is 8.63. The zero-order valence-electron chi connectivity index (χ0n) is 14.4. The molecule has 5 nitrogen and oxygen atoms in total. The largest absolute Gasteiger partial charge is 0.322 e. The Kier molecular flexibility index (Phi) is 5.50. The van der Waals surface area contributed by atoms with Crippen molar-refractivity contribution >= 4 is 33.2 Å². The van der Waals surface area contributed by atoms with E-state index in [9.17, 15) is 22.0 Å². The second-order valence-electron chi connectivity index (χ2n) is 6.18. The number of halogens is 3. The predicted molar refractivity (Wildman–Crippen MR) is 99.4 cm³/mol. The molecule has 27 heavy (non-hydrogen) atoms. The first-order valence-electron chi connectivity index (χ1n) is 8.29. The van der Waals surface area contributed by atoms with Gasteiger partial charge in [-0.15, -0.1) is 0 Å². The van der Waals surface area contributed by atoms with Crippen LogP contribution in [0, 0.1) is 11.6 Å². The molecule has 0 fully saturated rings. The Bertz CT molecular complexity index is 1010. The number of hydrogen-bond donors (Lipinski definition) is 2. The summed E-state index contributed by atoms with van der Waals surface area (Å²) in [5, 5.41) is 2.47. The number of nitrogens with one attached hydrogen (secondary N) is 2. The number of carbonyl (C=O) groups excluding carboxylic acids is 1. The van der Waals surface area contributed by atoms with Crippen LogP contribution in [0.1, 0.15) is 40.9 Å². The van der Waals surface area contributed by atoms with Crippen LogP contribution in [-0.4, -0.2) is 20.1 Å². The third-order valence-electron chi connectivity index (χ3n) is 4.46. The Morgan fingerprint density at radius 1 is 1.22 bits per heavy atom. The molecule has 0 bridgehead atoms. The Hall–Kier alpha value is -2.03. The van der Waals surface area contributed by atoms with Crippen LogP contribution in [-0.2, 0) is 16.4 Å². The second kappa shape index (κ2) is 7.53. The maximum Gasteiger partial charge on any atom is 0.255 e. The van der Waals surface area contributed by atoms with E-state index >= 15 is 0 Å². The van der Waals surface area contributed by atoms with Gasteiger partial charge in [0, 0.05) is 16.8 Å². The molecule has 0 spiro atoms. The lowest BCUT2D eigenvalue weighted by atomic mass is 10.0. The summed E-state index contributed by atoms with van der Waals surface area (Å²) < 4.78 is 53.8. The minimum absolute atomic E-state index is 0.119. The number of carbonyl (C=O) groups is 1. The maximum atomic E-state index is 14.4. The average Bonchev–Trinajstić information content (AvgIpc) is 3.02. The standard InChI is InChI=1S/C18H17ClF2N2O3S/c1-2-27(25,26)23-16-8-5-11-12(4-7-15(21)17(11)16)18(24)22-10-3-6-14(20)13(19)9-10/h3-4,6-7,9,16,23H,2,5,8H2,1H3,(H,22,24). The van der Waals surface area contributed by atoms with Crippen molar-refractivity contribution in [3.63, 3.8) is 0 Å². The highest BCUT2D eigenvalue weighted by molar-refractivity contribution is 7.89. The SMILES string of the molecule is CCS(=O)(=O)NC1CCc2c(C(=O)Nc3ccc(F)c(Cl)c3)ccc(F)c21. The number of hydrogen-bond acceptors (Lipinski definition) is 3. The first kappa shape index (κ1) is 19.7. The van der Waals surface area contributed by atoms with Crippen LogP contribution >= 0.6 is 11.6 Å². The number of rotatable bonds is 5. The number of amides is 1. The molecule has 3 rings (SSSR count). The van der Waals surface area contributed by atoms with Crippen molar-refractivity contribution in [3.8, 4) is 0 Å². The van der Waals surface area contributed by atoms with Crippen LogP contribution < -0.4 is 10.0 Å². The molecule has 0 aromatic heterocycles. The van der Waals surface area contributed by atoms with Crippen LogP contribution in [0.3, 0.4) is 0 Å². The van der Waals surface area contributed by atoms with Crippen molar-refractivity contribution in [2.24, 2.45) is 0 Å². The van der Waals surface area contributed by atoms with Crippen LogP contribution in [0.2, 0.25) is 5.02 Å². The zero-order chi connectivity index (χ0) is 19.8. The van der Waals surface area contributed by atoms with Gasteiger partial charge in [0.25, 0.3) is 5.91 Å².